The maximum Gasteiger partial charge on any atom is 0.243 e. The Morgan fingerprint density at radius 1 is 1.03 bits per heavy atom. The molecule has 37 heavy (non-hydrogen) atoms. The first-order valence-electron chi connectivity index (χ1n) is 11.3. The fourth-order valence-electron chi connectivity index (χ4n) is 4.54. The van der Waals surface area contributed by atoms with E-state index >= 15 is 0 Å². The number of carbonyl (C=O) groups is 1. The predicted molar refractivity (Wildman–Crippen MR) is 137 cm³/mol. The highest BCUT2D eigenvalue weighted by Crippen LogP contribution is 2.36. The molecule has 5 aromatic rings. The number of aliphatic hydroxyl groups is 1. The molecule has 184 valence electrons. The normalized spacial score (nSPS) is 16.1. The summed E-state index contributed by atoms with van der Waals surface area (Å²) in [5.41, 5.74) is 11.0. The average Bonchev–Trinajstić information content (AvgIpc) is 3.42. The number of sulfonamides is 1. The number of Topliss-reactive ketones (excluding diaryl/α,β-unsaturated/α-hetero) is 1. The number of nitrogen functional groups attached to an aromatic ring is 1. The summed E-state index contributed by atoms with van der Waals surface area (Å²) in [6, 6.07) is 18.0. The SMILES string of the molecule is CC(=O)c1c(-c2ccc3c(c2)C(O)NS3(=O)=O)nc2c(-c3ccc(-c4ccccc4)nc3)cnn2c1N. The van der Waals surface area contributed by atoms with Crippen LogP contribution in [0.25, 0.3) is 39.3 Å². The lowest BCUT2D eigenvalue weighted by molar-refractivity contribution is 0.101. The summed E-state index contributed by atoms with van der Waals surface area (Å²) in [6.07, 6.45) is 1.92. The third kappa shape index (κ3) is 3.68. The van der Waals surface area contributed by atoms with Gasteiger partial charge in [-0.2, -0.15) is 14.3 Å². The van der Waals surface area contributed by atoms with E-state index in [0.717, 1.165) is 16.8 Å². The second-order valence-electron chi connectivity index (χ2n) is 8.65. The van der Waals surface area contributed by atoms with Crippen LogP contribution in [0, 0.1) is 0 Å². The number of carbonyl (C=O) groups excluding carboxylic acids is 1. The fourth-order valence-corrected chi connectivity index (χ4v) is 5.81. The van der Waals surface area contributed by atoms with Crippen LogP contribution in [0.5, 0.6) is 0 Å². The zero-order valence-corrected chi connectivity index (χ0v) is 20.3. The molecule has 0 saturated carbocycles. The van der Waals surface area contributed by atoms with Gasteiger partial charge in [0.1, 0.15) is 12.0 Å². The molecule has 4 heterocycles. The Morgan fingerprint density at radius 2 is 1.78 bits per heavy atom. The molecular weight excluding hydrogens is 492 g/mol. The Balaban J connectivity index is 1.52. The quantitative estimate of drug-likeness (QED) is 0.310. The summed E-state index contributed by atoms with van der Waals surface area (Å²) in [4.78, 5) is 21.9. The largest absolute Gasteiger partial charge is 0.383 e. The number of hydrogen-bond acceptors (Lipinski definition) is 8. The van der Waals surface area contributed by atoms with E-state index in [1.54, 1.807) is 12.4 Å². The number of ketones is 1. The van der Waals surface area contributed by atoms with Gasteiger partial charge in [0.25, 0.3) is 0 Å². The lowest BCUT2D eigenvalue weighted by Gasteiger charge is -2.13. The zero-order chi connectivity index (χ0) is 25.9. The maximum absolute atomic E-state index is 12.6. The molecular formula is C26H20N6O4S. The van der Waals surface area contributed by atoms with E-state index in [2.05, 4.69) is 14.8 Å². The second-order valence-corrected chi connectivity index (χ2v) is 10.3. The number of rotatable bonds is 4. The molecule has 2 aromatic carbocycles. The van der Waals surface area contributed by atoms with Crippen molar-refractivity contribution in [3.63, 3.8) is 0 Å². The van der Waals surface area contributed by atoms with E-state index in [0.29, 0.717) is 16.8 Å². The standard InChI is InChI=1S/C26H20N6O4S/c1-14(33)22-23(16-8-10-21-18(11-16)26(34)31-37(21,35)36)30-25-19(13-29-32(25)24(22)27)17-7-9-20(28-12-17)15-5-3-2-4-6-15/h2-13,26,31,34H,27H2,1H3. The first-order valence-corrected chi connectivity index (χ1v) is 12.8. The lowest BCUT2D eigenvalue weighted by Crippen LogP contribution is -2.18. The second kappa shape index (κ2) is 8.30. The first kappa shape index (κ1) is 23.0. The number of nitrogens with zero attached hydrogens (tertiary/aromatic N) is 4. The third-order valence-electron chi connectivity index (χ3n) is 6.31. The summed E-state index contributed by atoms with van der Waals surface area (Å²) in [5, 5.41) is 14.6. The van der Waals surface area contributed by atoms with Gasteiger partial charge in [-0.1, -0.05) is 42.5 Å². The van der Waals surface area contributed by atoms with E-state index in [4.69, 9.17) is 10.7 Å². The molecule has 1 atom stereocenters. The molecule has 0 amide bonds. The van der Waals surface area contributed by atoms with Crippen molar-refractivity contribution in [2.45, 2.75) is 18.0 Å². The van der Waals surface area contributed by atoms with Gasteiger partial charge in [-0.15, -0.1) is 0 Å². The van der Waals surface area contributed by atoms with Crippen molar-refractivity contribution < 1.29 is 18.3 Å². The number of nitrogens with two attached hydrogens (primary N) is 1. The van der Waals surface area contributed by atoms with Gasteiger partial charge in [-0.3, -0.25) is 9.78 Å². The van der Waals surface area contributed by atoms with Crippen LogP contribution in [0.15, 0.2) is 78.0 Å². The zero-order valence-electron chi connectivity index (χ0n) is 19.5. The first-order chi connectivity index (χ1) is 17.7. The molecule has 1 aliphatic heterocycles. The number of benzene rings is 2. The van der Waals surface area contributed by atoms with Crippen LogP contribution in [-0.2, 0) is 10.0 Å². The van der Waals surface area contributed by atoms with Crippen LogP contribution in [0.1, 0.15) is 29.1 Å². The van der Waals surface area contributed by atoms with Crippen molar-refractivity contribution in [3.8, 4) is 33.6 Å². The van der Waals surface area contributed by atoms with Gasteiger partial charge in [0.2, 0.25) is 10.0 Å². The molecule has 0 spiro atoms. The lowest BCUT2D eigenvalue weighted by atomic mass is 10.0. The molecule has 3 aromatic heterocycles. The van der Waals surface area contributed by atoms with Gasteiger partial charge < -0.3 is 10.8 Å². The van der Waals surface area contributed by atoms with Crippen LogP contribution in [0.3, 0.4) is 0 Å². The number of nitrogens with one attached hydrogen (secondary N) is 1. The summed E-state index contributed by atoms with van der Waals surface area (Å²) >= 11 is 0. The minimum Gasteiger partial charge on any atom is -0.383 e. The number of aliphatic hydroxyl groups excluding tert-OH is 1. The molecule has 10 nitrogen and oxygen atoms in total. The molecule has 0 radical (unpaired) electrons. The van der Waals surface area contributed by atoms with E-state index in [1.807, 2.05) is 42.5 Å². The molecule has 1 unspecified atom stereocenters. The Hall–Kier alpha value is -4.45. The molecule has 11 heteroatoms. The van der Waals surface area contributed by atoms with E-state index < -0.39 is 16.3 Å². The van der Waals surface area contributed by atoms with Crippen molar-refractivity contribution in [1.29, 1.82) is 0 Å². The number of pyridine rings is 1. The van der Waals surface area contributed by atoms with Crippen molar-refractivity contribution in [2.24, 2.45) is 0 Å². The maximum atomic E-state index is 12.6. The summed E-state index contributed by atoms with van der Waals surface area (Å²) in [7, 11) is -3.81. The highest BCUT2D eigenvalue weighted by atomic mass is 32.2. The van der Waals surface area contributed by atoms with E-state index in [-0.39, 0.29) is 33.3 Å². The van der Waals surface area contributed by atoms with E-state index in [1.165, 1.54) is 29.6 Å². The molecule has 0 aliphatic carbocycles. The highest BCUT2D eigenvalue weighted by Gasteiger charge is 2.33. The number of anilines is 1. The summed E-state index contributed by atoms with van der Waals surface area (Å²) in [5.74, 6) is -0.237. The van der Waals surface area contributed by atoms with Crippen molar-refractivity contribution >= 4 is 27.3 Å². The molecule has 0 saturated heterocycles. The van der Waals surface area contributed by atoms with Gasteiger partial charge in [0, 0.05) is 34.0 Å². The Bertz CT molecular complexity index is 1820. The highest BCUT2D eigenvalue weighted by molar-refractivity contribution is 7.89. The minimum atomic E-state index is -3.81. The number of hydrogen-bond donors (Lipinski definition) is 3. The van der Waals surface area contributed by atoms with Gasteiger partial charge in [0.05, 0.1) is 28.0 Å². The summed E-state index contributed by atoms with van der Waals surface area (Å²) in [6.45, 7) is 1.37. The smallest absolute Gasteiger partial charge is 0.243 e. The number of fused-ring (bicyclic) bond motifs is 2. The molecule has 6 rings (SSSR count). The van der Waals surface area contributed by atoms with Crippen molar-refractivity contribution in [3.05, 3.63) is 84.2 Å². The fraction of sp³-hybridized carbons (Fsp3) is 0.0769. The van der Waals surface area contributed by atoms with Crippen LogP contribution in [0.2, 0.25) is 0 Å². The van der Waals surface area contributed by atoms with Gasteiger partial charge in [-0.05, 0) is 25.1 Å². The average molecular weight is 513 g/mol. The monoisotopic (exact) mass is 512 g/mol. The Morgan fingerprint density at radius 3 is 2.49 bits per heavy atom. The number of aromatic nitrogens is 4. The summed E-state index contributed by atoms with van der Waals surface area (Å²) < 4.78 is 28.0. The van der Waals surface area contributed by atoms with Gasteiger partial charge in [-0.25, -0.2) is 13.4 Å². The minimum absolute atomic E-state index is 0.0307. The van der Waals surface area contributed by atoms with Crippen molar-refractivity contribution in [2.75, 3.05) is 5.73 Å². The topological polar surface area (TPSA) is 153 Å². The van der Waals surface area contributed by atoms with E-state index in [9.17, 15) is 18.3 Å². The molecule has 4 N–H and O–H groups in total. The Labute approximate surface area is 211 Å². The van der Waals surface area contributed by atoms with Crippen LogP contribution in [-0.4, -0.2) is 38.9 Å². The van der Waals surface area contributed by atoms with Crippen molar-refractivity contribution in [1.82, 2.24) is 24.3 Å². The molecule has 0 fully saturated rings. The Kier molecular flexibility index (Phi) is 5.16. The van der Waals surface area contributed by atoms with Gasteiger partial charge in [0.15, 0.2) is 11.4 Å². The predicted octanol–water partition coefficient (Wildman–Crippen LogP) is 3.19. The van der Waals surface area contributed by atoms with Crippen LogP contribution >= 0.6 is 0 Å². The molecule has 0 bridgehead atoms. The van der Waals surface area contributed by atoms with Crippen LogP contribution in [0.4, 0.5) is 5.82 Å². The molecule has 1 aliphatic rings. The van der Waals surface area contributed by atoms with Gasteiger partial charge >= 0.3 is 0 Å². The van der Waals surface area contributed by atoms with Crippen LogP contribution < -0.4 is 10.5 Å². The third-order valence-corrected chi connectivity index (χ3v) is 7.80.